The number of carboxylic acids is 1. The number of nitrogens with one attached hydrogen (secondary N) is 1. The van der Waals surface area contributed by atoms with E-state index in [9.17, 15) is 9.59 Å². The third-order valence-electron chi connectivity index (χ3n) is 3.18. The Bertz CT molecular complexity index is 643. The number of oxazole rings is 1. The van der Waals surface area contributed by atoms with E-state index in [0.717, 1.165) is 5.69 Å². The Morgan fingerprint density at radius 2 is 2.26 bits per heavy atom. The van der Waals surface area contributed by atoms with Crippen LogP contribution in [-0.2, 0) is 4.79 Å². The fraction of sp³-hybridized carbons (Fsp3) is 0.385. The lowest BCUT2D eigenvalue weighted by Gasteiger charge is -2.22. The lowest BCUT2D eigenvalue weighted by molar-refractivity contribution is -0.141. The van der Waals surface area contributed by atoms with Crippen molar-refractivity contribution in [2.24, 2.45) is 5.92 Å². The van der Waals surface area contributed by atoms with E-state index < -0.39 is 17.6 Å². The maximum absolute atomic E-state index is 11.1. The van der Waals surface area contributed by atoms with Crippen LogP contribution in [0.1, 0.15) is 13.3 Å². The summed E-state index contributed by atoms with van der Waals surface area (Å²) in [5.41, 5.74) is 1.92. The average molecular weight is 264 g/mol. The van der Waals surface area contributed by atoms with E-state index >= 15 is 0 Å². The smallest absolute Gasteiger partial charge is 0.417 e. The van der Waals surface area contributed by atoms with Crippen LogP contribution in [0.4, 0.5) is 5.69 Å². The highest BCUT2D eigenvalue weighted by atomic mass is 16.4. The van der Waals surface area contributed by atoms with Crippen molar-refractivity contribution < 1.29 is 14.3 Å². The normalized spacial score (nSPS) is 12.5. The Hall–Kier alpha value is -2.24. The van der Waals surface area contributed by atoms with Crippen LogP contribution >= 0.6 is 0 Å². The van der Waals surface area contributed by atoms with Crippen molar-refractivity contribution in [3.63, 3.8) is 0 Å². The molecular formula is C13H16N2O4. The van der Waals surface area contributed by atoms with E-state index in [1.165, 1.54) is 0 Å². The summed E-state index contributed by atoms with van der Waals surface area (Å²) >= 11 is 0. The molecule has 0 saturated heterocycles. The number of aromatic nitrogens is 1. The Morgan fingerprint density at radius 3 is 2.89 bits per heavy atom. The highest BCUT2D eigenvalue weighted by molar-refractivity contribution is 5.77. The Morgan fingerprint density at radius 1 is 1.53 bits per heavy atom. The van der Waals surface area contributed by atoms with Crippen molar-refractivity contribution in [1.29, 1.82) is 0 Å². The molecule has 1 unspecified atom stereocenters. The maximum atomic E-state index is 11.1. The fourth-order valence-corrected chi connectivity index (χ4v) is 1.99. The molecule has 1 atom stereocenters. The zero-order valence-corrected chi connectivity index (χ0v) is 10.8. The van der Waals surface area contributed by atoms with Crippen molar-refractivity contribution in [1.82, 2.24) is 4.98 Å². The van der Waals surface area contributed by atoms with Crippen LogP contribution < -0.4 is 10.7 Å². The van der Waals surface area contributed by atoms with Gasteiger partial charge in [0.1, 0.15) is 0 Å². The third kappa shape index (κ3) is 2.78. The fourth-order valence-electron chi connectivity index (χ4n) is 1.99. The van der Waals surface area contributed by atoms with Gasteiger partial charge in [-0.15, -0.1) is 0 Å². The number of nitrogens with zero attached hydrogens (tertiary/aromatic N) is 1. The molecule has 0 amide bonds. The van der Waals surface area contributed by atoms with Gasteiger partial charge in [-0.3, -0.25) is 9.78 Å². The molecular weight excluding hydrogens is 248 g/mol. The molecule has 6 heteroatoms. The molecule has 0 aliphatic rings. The quantitative estimate of drug-likeness (QED) is 0.857. The van der Waals surface area contributed by atoms with E-state index in [0.29, 0.717) is 24.1 Å². The van der Waals surface area contributed by atoms with Crippen molar-refractivity contribution in [2.75, 3.05) is 18.5 Å². The van der Waals surface area contributed by atoms with E-state index in [2.05, 4.69) is 4.98 Å². The topological polar surface area (TPSA) is 86.5 Å². The second kappa shape index (κ2) is 5.17. The monoisotopic (exact) mass is 264 g/mol. The maximum Gasteiger partial charge on any atom is 0.417 e. The molecule has 1 heterocycles. The van der Waals surface area contributed by atoms with Crippen molar-refractivity contribution in [3.8, 4) is 0 Å². The molecule has 0 radical (unpaired) electrons. The highest BCUT2D eigenvalue weighted by Gasteiger charge is 2.17. The molecule has 6 nitrogen and oxygen atoms in total. The second-order valence-electron chi connectivity index (χ2n) is 4.52. The Kier molecular flexibility index (Phi) is 3.59. The molecule has 2 rings (SSSR count). The number of aliphatic carboxylic acids is 1. The number of anilines is 1. The molecule has 1 aromatic carbocycles. The largest absolute Gasteiger partial charge is 0.481 e. The van der Waals surface area contributed by atoms with Crippen LogP contribution in [0, 0.1) is 5.92 Å². The number of hydrogen-bond acceptors (Lipinski definition) is 4. The summed E-state index contributed by atoms with van der Waals surface area (Å²) in [6.45, 7) is 2.26. The number of H-pyrrole nitrogens is 1. The van der Waals surface area contributed by atoms with Crippen LogP contribution in [-0.4, -0.2) is 29.7 Å². The van der Waals surface area contributed by atoms with Gasteiger partial charge in [0.05, 0.1) is 11.4 Å². The van der Waals surface area contributed by atoms with Crippen LogP contribution in [0.5, 0.6) is 0 Å². The first kappa shape index (κ1) is 13.2. The molecule has 0 fully saturated rings. The zero-order valence-electron chi connectivity index (χ0n) is 10.8. The van der Waals surface area contributed by atoms with Crippen molar-refractivity contribution in [3.05, 3.63) is 28.7 Å². The standard InChI is InChI=1S/C13H16N2O4/c1-3-8(12(16)17)7-15(2)9-4-5-10-11(6-9)19-13(18)14-10/h4-6,8H,3,7H2,1-2H3,(H,14,18)(H,16,17). The van der Waals surface area contributed by atoms with Gasteiger partial charge < -0.3 is 14.4 Å². The second-order valence-corrected chi connectivity index (χ2v) is 4.52. The first-order valence-corrected chi connectivity index (χ1v) is 6.08. The number of aromatic amines is 1. The molecule has 0 aliphatic carbocycles. The molecule has 2 aromatic rings. The SMILES string of the molecule is CCC(CN(C)c1ccc2[nH]c(=O)oc2c1)C(=O)O. The summed E-state index contributed by atoms with van der Waals surface area (Å²) in [6, 6.07) is 5.29. The summed E-state index contributed by atoms with van der Waals surface area (Å²) < 4.78 is 4.98. The van der Waals surface area contributed by atoms with Gasteiger partial charge in [-0.25, -0.2) is 4.79 Å². The first-order valence-electron chi connectivity index (χ1n) is 6.08. The van der Waals surface area contributed by atoms with Gasteiger partial charge in [-0.05, 0) is 18.6 Å². The first-order chi connectivity index (χ1) is 9.01. The van der Waals surface area contributed by atoms with Crippen molar-refractivity contribution in [2.45, 2.75) is 13.3 Å². The number of carbonyl (C=O) groups is 1. The van der Waals surface area contributed by atoms with Crippen molar-refractivity contribution >= 4 is 22.8 Å². The molecule has 0 bridgehead atoms. The van der Waals surface area contributed by atoms with Crippen LogP contribution in [0.3, 0.4) is 0 Å². The number of fused-ring (bicyclic) bond motifs is 1. The summed E-state index contributed by atoms with van der Waals surface area (Å²) in [6.07, 6.45) is 0.571. The molecule has 19 heavy (non-hydrogen) atoms. The van der Waals surface area contributed by atoms with Crippen LogP contribution in [0.2, 0.25) is 0 Å². The van der Waals surface area contributed by atoms with E-state index in [1.807, 2.05) is 24.9 Å². The van der Waals surface area contributed by atoms with Gasteiger partial charge in [0.15, 0.2) is 5.58 Å². The van der Waals surface area contributed by atoms with E-state index in [-0.39, 0.29) is 0 Å². The number of carboxylic acid groups (broad SMARTS) is 1. The van der Waals surface area contributed by atoms with Gasteiger partial charge in [0.25, 0.3) is 0 Å². The molecule has 1 aromatic heterocycles. The summed E-state index contributed by atoms with van der Waals surface area (Å²) in [5.74, 6) is -1.71. The minimum Gasteiger partial charge on any atom is -0.481 e. The molecule has 102 valence electrons. The summed E-state index contributed by atoms with van der Waals surface area (Å²) in [4.78, 5) is 26.5. The molecule has 0 aliphatic heterocycles. The van der Waals surface area contributed by atoms with Crippen LogP contribution in [0.25, 0.3) is 11.1 Å². The third-order valence-corrected chi connectivity index (χ3v) is 3.18. The van der Waals surface area contributed by atoms with E-state index in [4.69, 9.17) is 9.52 Å². The Balaban J connectivity index is 2.23. The lowest BCUT2D eigenvalue weighted by Crippen LogP contribution is -2.29. The van der Waals surface area contributed by atoms with Gasteiger partial charge >= 0.3 is 11.7 Å². The number of benzene rings is 1. The minimum absolute atomic E-state index is 0.409. The minimum atomic E-state index is -0.802. The highest BCUT2D eigenvalue weighted by Crippen LogP contribution is 2.20. The molecule has 0 saturated carbocycles. The van der Waals surface area contributed by atoms with Gasteiger partial charge in [-0.1, -0.05) is 6.92 Å². The predicted octanol–water partition coefficient (Wildman–Crippen LogP) is 1.67. The average Bonchev–Trinajstić information content (AvgIpc) is 2.74. The lowest BCUT2D eigenvalue weighted by atomic mass is 10.1. The predicted molar refractivity (Wildman–Crippen MR) is 71.5 cm³/mol. The Labute approximate surface area is 109 Å². The van der Waals surface area contributed by atoms with E-state index in [1.54, 1.807) is 12.1 Å². The molecule has 2 N–H and O–H groups in total. The molecule has 0 spiro atoms. The van der Waals surface area contributed by atoms with Gasteiger partial charge in [0.2, 0.25) is 0 Å². The number of rotatable bonds is 5. The summed E-state index contributed by atoms with van der Waals surface area (Å²) in [7, 11) is 1.82. The number of hydrogen-bond donors (Lipinski definition) is 2. The summed E-state index contributed by atoms with van der Waals surface area (Å²) in [5, 5.41) is 9.05. The zero-order chi connectivity index (χ0) is 14.0. The van der Waals surface area contributed by atoms with Gasteiger partial charge in [0, 0.05) is 25.3 Å². The van der Waals surface area contributed by atoms with Crippen LogP contribution in [0.15, 0.2) is 27.4 Å². The van der Waals surface area contributed by atoms with Gasteiger partial charge in [-0.2, -0.15) is 0 Å².